The van der Waals surface area contributed by atoms with Gasteiger partial charge in [0.25, 0.3) is 5.91 Å². The van der Waals surface area contributed by atoms with Crippen LogP contribution < -0.4 is 11.1 Å². The normalized spacial score (nSPS) is 30.3. The van der Waals surface area contributed by atoms with E-state index in [0.29, 0.717) is 5.56 Å². The smallest absolute Gasteiger partial charge is 0.255 e. The molecule has 0 bridgehead atoms. The number of anilines is 1. The number of primary amides is 1. The lowest BCUT2D eigenvalue weighted by atomic mass is 9.57. The standard InChI is InChI=1S/C27H34N4O7/c1-30(2)21-15-11-12-10-14-16(29-13-6-8-31(3)9-7-13)4-5-17(32)19(14)22(33)18(12)24(35)27(15,38)25(36)20(23(21)34)26(28)37/h4-5,12-13,15,21,29,32-33,36,38H,6-11H2,1-3H3,(H2,28,37). The highest BCUT2D eigenvalue weighted by Gasteiger charge is 2.64. The van der Waals surface area contributed by atoms with Crippen LogP contribution in [0.1, 0.15) is 30.4 Å². The first-order chi connectivity index (χ1) is 17.9. The number of carbonyl (C=O) groups excluding carboxylic acids is 3. The highest BCUT2D eigenvalue weighted by molar-refractivity contribution is 6.24. The number of rotatable bonds is 4. The van der Waals surface area contributed by atoms with Gasteiger partial charge in [-0.3, -0.25) is 19.3 Å². The molecule has 38 heavy (non-hydrogen) atoms. The topological polar surface area (TPSA) is 177 Å². The van der Waals surface area contributed by atoms with Gasteiger partial charge in [0.15, 0.2) is 11.4 Å². The van der Waals surface area contributed by atoms with Crippen molar-refractivity contribution in [1.82, 2.24) is 9.80 Å². The predicted octanol–water partition coefficient (Wildman–Crippen LogP) is 0.470. The molecule has 204 valence electrons. The summed E-state index contributed by atoms with van der Waals surface area (Å²) in [6.07, 6.45) is 2.18. The van der Waals surface area contributed by atoms with Crippen molar-refractivity contribution in [3.63, 3.8) is 0 Å². The molecule has 1 saturated carbocycles. The van der Waals surface area contributed by atoms with Crippen LogP contribution in [0.4, 0.5) is 5.69 Å². The van der Waals surface area contributed by atoms with Crippen LogP contribution in [0.5, 0.6) is 5.75 Å². The van der Waals surface area contributed by atoms with E-state index in [1.165, 1.54) is 11.0 Å². The molecule has 0 aromatic heterocycles. The summed E-state index contributed by atoms with van der Waals surface area (Å²) in [6.45, 7) is 1.88. The SMILES string of the molecule is CN1CCC(Nc2ccc(O)c3c2CC2CC4C(N(C)C)C(=O)C(C(N)=O)=C(O)C4(O)C(=O)C2=C3O)CC1. The summed E-state index contributed by atoms with van der Waals surface area (Å²) in [4.78, 5) is 42.9. The van der Waals surface area contributed by atoms with Gasteiger partial charge in [0.2, 0.25) is 5.78 Å². The summed E-state index contributed by atoms with van der Waals surface area (Å²) >= 11 is 0. The Hall–Kier alpha value is -3.41. The molecule has 7 N–H and O–H groups in total. The van der Waals surface area contributed by atoms with Crippen molar-refractivity contribution in [1.29, 1.82) is 0 Å². The third kappa shape index (κ3) is 3.71. The van der Waals surface area contributed by atoms with E-state index in [4.69, 9.17) is 5.73 Å². The summed E-state index contributed by atoms with van der Waals surface area (Å²) in [5.41, 5.74) is 3.24. The van der Waals surface area contributed by atoms with E-state index in [0.717, 1.165) is 31.6 Å². The lowest BCUT2D eigenvalue weighted by Gasteiger charge is -2.50. The van der Waals surface area contributed by atoms with Crippen LogP contribution in [0.3, 0.4) is 0 Å². The number of aliphatic hydroxyl groups excluding tert-OH is 2. The minimum Gasteiger partial charge on any atom is -0.508 e. The number of fused-ring (bicyclic) bond motifs is 3. The van der Waals surface area contributed by atoms with Crippen molar-refractivity contribution in [2.24, 2.45) is 17.6 Å². The molecular weight excluding hydrogens is 492 g/mol. The summed E-state index contributed by atoms with van der Waals surface area (Å²) in [5.74, 6) is -6.51. The molecule has 11 heteroatoms. The van der Waals surface area contributed by atoms with Crippen molar-refractivity contribution >= 4 is 28.9 Å². The maximum atomic E-state index is 13.9. The molecule has 1 aliphatic heterocycles. The number of carbonyl (C=O) groups is 3. The molecule has 1 aromatic carbocycles. The summed E-state index contributed by atoms with van der Waals surface area (Å²) in [7, 11) is 5.23. The highest BCUT2D eigenvalue weighted by atomic mass is 16.3. The van der Waals surface area contributed by atoms with E-state index in [-0.39, 0.29) is 35.8 Å². The van der Waals surface area contributed by atoms with E-state index in [9.17, 15) is 34.8 Å². The first-order valence-electron chi connectivity index (χ1n) is 12.8. The van der Waals surface area contributed by atoms with Gasteiger partial charge in [-0.25, -0.2) is 0 Å². The van der Waals surface area contributed by atoms with Crippen LogP contribution in [0.2, 0.25) is 0 Å². The molecule has 1 amide bonds. The Morgan fingerprint density at radius 2 is 1.82 bits per heavy atom. The molecule has 4 unspecified atom stereocenters. The number of hydrogen-bond acceptors (Lipinski definition) is 10. The first-order valence-corrected chi connectivity index (χ1v) is 12.8. The first kappa shape index (κ1) is 26.2. The van der Waals surface area contributed by atoms with Gasteiger partial charge < -0.3 is 36.4 Å². The molecule has 1 heterocycles. The second-order valence-electron chi connectivity index (χ2n) is 11.2. The van der Waals surface area contributed by atoms with Crippen molar-refractivity contribution in [3.05, 3.63) is 40.2 Å². The van der Waals surface area contributed by atoms with Crippen molar-refractivity contribution < 1.29 is 34.8 Å². The average Bonchev–Trinajstić information content (AvgIpc) is 2.84. The summed E-state index contributed by atoms with van der Waals surface area (Å²) in [6, 6.07) is 2.30. The molecule has 0 spiro atoms. The zero-order valence-corrected chi connectivity index (χ0v) is 21.7. The van der Waals surface area contributed by atoms with Crippen LogP contribution in [0.25, 0.3) is 5.76 Å². The fourth-order valence-corrected chi connectivity index (χ4v) is 6.75. The molecule has 0 radical (unpaired) electrons. The lowest BCUT2D eigenvalue weighted by molar-refractivity contribution is -0.153. The molecule has 11 nitrogen and oxygen atoms in total. The van der Waals surface area contributed by atoms with E-state index >= 15 is 0 Å². The fraction of sp³-hybridized carbons (Fsp3) is 0.519. The van der Waals surface area contributed by atoms with Crippen LogP contribution in [0.15, 0.2) is 29.0 Å². The maximum Gasteiger partial charge on any atom is 0.255 e. The number of phenolic OH excluding ortho intramolecular Hbond substituents is 1. The average molecular weight is 527 g/mol. The van der Waals surface area contributed by atoms with Crippen molar-refractivity contribution in [3.8, 4) is 5.75 Å². The zero-order chi connectivity index (χ0) is 27.7. The van der Waals surface area contributed by atoms with E-state index in [2.05, 4.69) is 17.3 Å². The number of phenols is 1. The molecule has 2 fully saturated rings. The molecule has 4 aliphatic rings. The summed E-state index contributed by atoms with van der Waals surface area (Å²) < 4.78 is 0. The Balaban J connectivity index is 1.62. The Kier molecular flexibility index (Phi) is 6.28. The Morgan fingerprint density at radius 1 is 1.16 bits per heavy atom. The number of benzene rings is 1. The second-order valence-corrected chi connectivity index (χ2v) is 11.2. The minimum absolute atomic E-state index is 0.0646. The van der Waals surface area contributed by atoms with Gasteiger partial charge in [-0.15, -0.1) is 0 Å². The maximum absolute atomic E-state index is 13.9. The van der Waals surface area contributed by atoms with Gasteiger partial charge in [-0.05, 0) is 83.5 Å². The number of nitrogens with two attached hydrogens (primary N) is 1. The lowest BCUT2D eigenvalue weighted by Crippen LogP contribution is -2.65. The largest absolute Gasteiger partial charge is 0.508 e. The zero-order valence-electron chi connectivity index (χ0n) is 21.7. The molecule has 5 rings (SSSR count). The Bertz CT molecular complexity index is 1290. The number of Topliss-reactive ketones (excluding diaryl/α,β-unsaturated/α-hetero) is 2. The number of aliphatic hydroxyl groups is 3. The van der Waals surface area contributed by atoms with Crippen LogP contribution in [-0.4, -0.2) is 99.6 Å². The van der Waals surface area contributed by atoms with Crippen LogP contribution in [0, 0.1) is 11.8 Å². The number of likely N-dealkylation sites (N-methyl/N-ethyl adjacent to an activating group) is 1. The monoisotopic (exact) mass is 526 g/mol. The quantitative estimate of drug-likeness (QED) is 0.239. The third-order valence-electron chi connectivity index (χ3n) is 8.68. The molecular formula is C27H34N4O7. The van der Waals surface area contributed by atoms with Crippen LogP contribution >= 0.6 is 0 Å². The number of amides is 1. The Labute approximate surface area is 220 Å². The van der Waals surface area contributed by atoms with Gasteiger partial charge in [-0.2, -0.15) is 0 Å². The minimum atomic E-state index is -2.63. The number of piperidine rings is 1. The van der Waals surface area contributed by atoms with Crippen LogP contribution in [-0.2, 0) is 20.8 Å². The molecule has 1 saturated heterocycles. The summed E-state index contributed by atoms with van der Waals surface area (Å²) in [5, 5.41) is 48.2. The van der Waals surface area contributed by atoms with Gasteiger partial charge >= 0.3 is 0 Å². The van der Waals surface area contributed by atoms with Crippen molar-refractivity contribution in [2.45, 2.75) is 43.4 Å². The second kappa shape index (κ2) is 9.11. The molecule has 1 aromatic rings. The third-order valence-corrected chi connectivity index (χ3v) is 8.68. The Morgan fingerprint density at radius 3 is 2.42 bits per heavy atom. The van der Waals surface area contributed by atoms with Gasteiger partial charge in [0.05, 0.1) is 11.6 Å². The molecule has 3 aliphatic carbocycles. The fourth-order valence-electron chi connectivity index (χ4n) is 6.75. The van der Waals surface area contributed by atoms with Crippen molar-refractivity contribution in [2.75, 3.05) is 39.5 Å². The number of hydrogen-bond donors (Lipinski definition) is 6. The van der Waals surface area contributed by atoms with Gasteiger partial charge in [-0.1, -0.05) is 0 Å². The number of aromatic hydroxyl groups is 1. The number of nitrogens with one attached hydrogen (secondary N) is 1. The highest BCUT2D eigenvalue weighted by Crippen LogP contribution is 2.53. The number of likely N-dealkylation sites (tertiary alicyclic amines) is 1. The van der Waals surface area contributed by atoms with Gasteiger partial charge in [0, 0.05) is 23.2 Å². The van der Waals surface area contributed by atoms with E-state index in [1.807, 2.05) is 0 Å². The number of ketones is 2. The van der Waals surface area contributed by atoms with E-state index < -0.39 is 58.0 Å². The van der Waals surface area contributed by atoms with E-state index in [1.54, 1.807) is 20.2 Å². The predicted molar refractivity (Wildman–Crippen MR) is 138 cm³/mol. The van der Waals surface area contributed by atoms with Gasteiger partial charge in [0.1, 0.15) is 22.8 Å². The molecule has 4 atom stereocenters. The number of nitrogens with zero attached hydrogens (tertiary/aromatic N) is 2.